The van der Waals surface area contributed by atoms with Gasteiger partial charge in [-0.25, -0.2) is 0 Å². The van der Waals surface area contributed by atoms with Gasteiger partial charge < -0.3 is 5.32 Å². The molecule has 3 heterocycles. The van der Waals surface area contributed by atoms with Crippen LogP contribution in [0.3, 0.4) is 0 Å². The number of rotatable bonds is 3. The van der Waals surface area contributed by atoms with Gasteiger partial charge in [0.1, 0.15) is 11.3 Å². The van der Waals surface area contributed by atoms with Gasteiger partial charge in [0.05, 0.1) is 4.34 Å². The molecule has 4 atom stereocenters. The van der Waals surface area contributed by atoms with Gasteiger partial charge in [-0.3, -0.25) is 14.5 Å². The van der Waals surface area contributed by atoms with Crippen LogP contribution in [0.5, 0.6) is 0 Å². The highest BCUT2D eigenvalue weighted by molar-refractivity contribution is 7.16. The molecule has 1 spiro atoms. The van der Waals surface area contributed by atoms with Gasteiger partial charge in [-0.2, -0.15) is 0 Å². The number of hydrogen-bond donors (Lipinski definition) is 1. The summed E-state index contributed by atoms with van der Waals surface area (Å²) in [5.41, 5.74) is 0.843. The molecule has 2 aliphatic carbocycles. The number of halogens is 2. The summed E-state index contributed by atoms with van der Waals surface area (Å²) in [5.74, 6) is 0.458. The summed E-state index contributed by atoms with van der Waals surface area (Å²) < 4.78 is 0.688. The lowest BCUT2D eigenvalue weighted by molar-refractivity contribution is -0.128. The summed E-state index contributed by atoms with van der Waals surface area (Å²) in [5, 5.41) is 3.70. The van der Waals surface area contributed by atoms with Crippen LogP contribution in [-0.4, -0.2) is 29.2 Å². The number of fused-ring (bicyclic) bond motifs is 3. The van der Waals surface area contributed by atoms with Crippen molar-refractivity contribution >= 4 is 51.9 Å². The van der Waals surface area contributed by atoms with Crippen LogP contribution in [0.25, 0.3) is 0 Å². The summed E-state index contributed by atoms with van der Waals surface area (Å²) in [7, 11) is 0. The molecule has 7 heteroatoms. The molecule has 2 aliphatic heterocycles. The number of ketones is 1. The van der Waals surface area contributed by atoms with Crippen LogP contribution in [0.1, 0.15) is 42.0 Å². The molecule has 2 saturated carbocycles. The molecule has 1 amide bonds. The molecule has 0 unspecified atom stereocenters. The molecule has 3 fully saturated rings. The molecule has 0 bridgehead atoms. The highest BCUT2D eigenvalue weighted by Crippen LogP contribution is 2.63. The van der Waals surface area contributed by atoms with Crippen molar-refractivity contribution in [2.45, 2.75) is 43.2 Å². The molecule has 0 radical (unpaired) electrons. The third kappa shape index (κ3) is 2.48. The van der Waals surface area contributed by atoms with Gasteiger partial charge in [0.25, 0.3) is 0 Å². The van der Waals surface area contributed by atoms with E-state index in [1.807, 2.05) is 30.3 Å². The van der Waals surface area contributed by atoms with E-state index >= 15 is 0 Å². The Balaban J connectivity index is 1.62. The molecular weight excluding hydrogens is 427 g/mol. The topological polar surface area (TPSA) is 49.4 Å². The van der Waals surface area contributed by atoms with Crippen molar-refractivity contribution in [1.29, 1.82) is 0 Å². The molecule has 150 valence electrons. The van der Waals surface area contributed by atoms with Gasteiger partial charge in [-0.05, 0) is 49.4 Å². The zero-order chi connectivity index (χ0) is 19.9. The standard InChI is InChI=1S/C22H20Cl2N2O2S/c23-12-3-4-13-14(9-12)25-21(28)22(13)20(17-7-8-18(24)29-17)19-15(5-6-16(19)27)26(22)10-11-1-2-11/h3-4,7-9,11,15,19-20H,1-2,5-6,10H2,(H,25,28)/t15-,19-,20-,22+/m0/s1. The van der Waals surface area contributed by atoms with Gasteiger partial charge in [0.2, 0.25) is 5.91 Å². The van der Waals surface area contributed by atoms with Crippen molar-refractivity contribution in [3.05, 3.63) is 50.1 Å². The number of amides is 1. The first-order valence-electron chi connectivity index (χ1n) is 10.2. The number of benzene rings is 1. The first-order chi connectivity index (χ1) is 14.0. The van der Waals surface area contributed by atoms with Crippen molar-refractivity contribution in [2.75, 3.05) is 11.9 Å². The molecule has 2 aromatic rings. The minimum absolute atomic E-state index is 0.0351. The van der Waals surface area contributed by atoms with Gasteiger partial charge in [0, 0.05) is 52.0 Å². The largest absolute Gasteiger partial charge is 0.324 e. The lowest BCUT2D eigenvalue weighted by Gasteiger charge is -2.39. The maximum Gasteiger partial charge on any atom is 0.250 e. The molecule has 1 aromatic heterocycles. The monoisotopic (exact) mass is 446 g/mol. The predicted octanol–water partition coefficient (Wildman–Crippen LogP) is 5.06. The Hall–Kier alpha value is -1.40. The number of anilines is 1. The Labute approximate surface area is 183 Å². The molecule has 29 heavy (non-hydrogen) atoms. The molecule has 4 aliphatic rings. The van der Waals surface area contributed by atoms with E-state index < -0.39 is 5.54 Å². The molecule has 6 rings (SSSR count). The second-order valence-corrected chi connectivity index (χ2v) is 10.9. The SMILES string of the molecule is O=C1CC[C@H]2[C@@H]1[C@H](c1ccc(Cl)s1)[C@]1(C(=O)Nc3cc(Cl)ccc31)N2CC1CC1. The van der Waals surface area contributed by atoms with Gasteiger partial charge >= 0.3 is 0 Å². The molecular formula is C22H20Cl2N2O2S. The summed E-state index contributed by atoms with van der Waals surface area (Å²) >= 11 is 14.0. The number of nitrogens with zero attached hydrogens (tertiary/aromatic N) is 1. The van der Waals surface area contributed by atoms with Crippen LogP contribution >= 0.6 is 34.5 Å². The first-order valence-corrected chi connectivity index (χ1v) is 11.7. The van der Waals surface area contributed by atoms with Crippen LogP contribution < -0.4 is 5.32 Å². The first kappa shape index (κ1) is 18.4. The minimum atomic E-state index is -0.873. The molecule has 4 nitrogen and oxygen atoms in total. The Morgan fingerprint density at radius 3 is 2.69 bits per heavy atom. The average molecular weight is 447 g/mol. The van der Waals surface area contributed by atoms with E-state index in [0.29, 0.717) is 21.7 Å². The van der Waals surface area contributed by atoms with Gasteiger partial charge in [-0.1, -0.05) is 29.3 Å². The summed E-state index contributed by atoms with van der Waals surface area (Å²) in [6.07, 6.45) is 3.81. The molecule has 1 N–H and O–H groups in total. The number of carbonyl (C=O) groups excluding carboxylic acids is 2. The normalized spacial score (nSPS) is 33.4. The van der Waals surface area contributed by atoms with Crippen molar-refractivity contribution in [1.82, 2.24) is 4.90 Å². The van der Waals surface area contributed by atoms with Gasteiger partial charge in [0.15, 0.2) is 0 Å². The second-order valence-electron chi connectivity index (χ2n) is 8.72. The fraction of sp³-hybridized carbons (Fsp3) is 0.455. The average Bonchev–Trinajstić information content (AvgIpc) is 3.02. The van der Waals surface area contributed by atoms with Crippen LogP contribution in [0, 0.1) is 11.8 Å². The lowest BCUT2D eigenvalue weighted by Crippen LogP contribution is -2.52. The van der Waals surface area contributed by atoms with E-state index in [1.165, 1.54) is 24.2 Å². The summed E-state index contributed by atoms with van der Waals surface area (Å²) in [4.78, 5) is 30.3. The minimum Gasteiger partial charge on any atom is -0.324 e. The van der Waals surface area contributed by atoms with E-state index in [9.17, 15) is 9.59 Å². The second kappa shape index (κ2) is 6.30. The fourth-order valence-corrected chi connectivity index (χ4v) is 7.37. The van der Waals surface area contributed by atoms with E-state index in [0.717, 1.165) is 29.1 Å². The van der Waals surface area contributed by atoms with Crippen LogP contribution in [0.15, 0.2) is 30.3 Å². The van der Waals surface area contributed by atoms with Crippen LogP contribution in [0.4, 0.5) is 5.69 Å². The highest BCUT2D eigenvalue weighted by Gasteiger charge is 2.69. The Morgan fingerprint density at radius 1 is 1.14 bits per heavy atom. The third-order valence-electron chi connectivity index (χ3n) is 7.17. The van der Waals surface area contributed by atoms with Crippen molar-refractivity contribution in [3.8, 4) is 0 Å². The number of carbonyl (C=O) groups is 2. The van der Waals surface area contributed by atoms with Crippen LogP contribution in [0.2, 0.25) is 9.36 Å². The van der Waals surface area contributed by atoms with Crippen molar-refractivity contribution in [2.24, 2.45) is 11.8 Å². The lowest BCUT2D eigenvalue weighted by atomic mass is 9.73. The highest BCUT2D eigenvalue weighted by atomic mass is 35.5. The zero-order valence-electron chi connectivity index (χ0n) is 15.7. The maximum absolute atomic E-state index is 13.8. The van der Waals surface area contributed by atoms with E-state index in [4.69, 9.17) is 23.2 Å². The van der Waals surface area contributed by atoms with Crippen molar-refractivity contribution in [3.63, 3.8) is 0 Å². The van der Waals surface area contributed by atoms with E-state index in [1.54, 1.807) is 0 Å². The molecule has 1 aromatic carbocycles. The Bertz CT molecular complexity index is 1050. The Morgan fingerprint density at radius 2 is 1.97 bits per heavy atom. The van der Waals surface area contributed by atoms with Crippen LogP contribution in [-0.2, 0) is 15.1 Å². The number of nitrogens with one attached hydrogen (secondary N) is 1. The number of hydrogen-bond acceptors (Lipinski definition) is 4. The Kier molecular flexibility index (Phi) is 3.99. The van der Waals surface area contributed by atoms with E-state index in [-0.39, 0.29) is 29.6 Å². The van der Waals surface area contributed by atoms with Crippen molar-refractivity contribution < 1.29 is 9.59 Å². The number of Topliss-reactive ketones (excluding diaryl/α,β-unsaturated/α-hetero) is 1. The molecule has 1 saturated heterocycles. The third-order valence-corrected chi connectivity index (χ3v) is 8.72. The zero-order valence-corrected chi connectivity index (χ0v) is 18.0. The maximum atomic E-state index is 13.8. The fourth-order valence-electron chi connectivity index (χ4n) is 5.93. The quantitative estimate of drug-likeness (QED) is 0.716. The number of thiophene rings is 1. The summed E-state index contributed by atoms with van der Waals surface area (Å²) in [6.45, 7) is 0.861. The summed E-state index contributed by atoms with van der Waals surface area (Å²) in [6, 6.07) is 9.64. The smallest absolute Gasteiger partial charge is 0.250 e. The predicted molar refractivity (Wildman–Crippen MR) is 115 cm³/mol. The number of likely N-dealkylation sites (tertiary alicyclic amines) is 1. The van der Waals surface area contributed by atoms with E-state index in [2.05, 4.69) is 10.2 Å². The van der Waals surface area contributed by atoms with Gasteiger partial charge in [-0.15, -0.1) is 11.3 Å².